The fourth-order valence-electron chi connectivity index (χ4n) is 4.90. The minimum absolute atomic E-state index is 0.0674. The van der Waals surface area contributed by atoms with Gasteiger partial charge in [-0.25, -0.2) is 4.98 Å². The third-order valence-electron chi connectivity index (χ3n) is 6.47. The Morgan fingerprint density at radius 2 is 2.03 bits per heavy atom. The molecule has 8 nitrogen and oxygen atoms in total. The van der Waals surface area contributed by atoms with Crippen molar-refractivity contribution < 1.29 is 19.6 Å². The van der Waals surface area contributed by atoms with E-state index in [1.807, 2.05) is 18.2 Å². The number of ether oxygens (including phenoxy) is 1. The van der Waals surface area contributed by atoms with Crippen molar-refractivity contribution in [2.24, 2.45) is 11.7 Å². The SMILES string of the molecule is CC1Cc2c(C(N)=O)cccc2C1c1nc(NCc2cccc(B(O)O)c2)c2c(n1)OCC2. The highest BCUT2D eigenvalue weighted by Gasteiger charge is 2.36. The third kappa shape index (κ3) is 3.94. The molecule has 2 atom stereocenters. The average molecular weight is 444 g/mol. The normalized spacial score (nSPS) is 18.4. The Balaban J connectivity index is 1.49. The van der Waals surface area contributed by atoms with E-state index in [9.17, 15) is 14.8 Å². The van der Waals surface area contributed by atoms with Crippen LogP contribution in [0, 0.1) is 5.92 Å². The number of nitrogens with two attached hydrogens (primary N) is 1. The number of rotatable bonds is 6. The Labute approximate surface area is 192 Å². The molecule has 1 aliphatic carbocycles. The van der Waals surface area contributed by atoms with Crippen LogP contribution in [-0.2, 0) is 19.4 Å². The first-order chi connectivity index (χ1) is 15.9. The molecule has 9 heteroatoms. The van der Waals surface area contributed by atoms with Gasteiger partial charge in [0.25, 0.3) is 0 Å². The Morgan fingerprint density at radius 1 is 1.21 bits per heavy atom. The first-order valence-electron chi connectivity index (χ1n) is 11.1. The maximum absolute atomic E-state index is 11.9. The van der Waals surface area contributed by atoms with Crippen molar-refractivity contribution in [2.75, 3.05) is 11.9 Å². The number of amides is 1. The summed E-state index contributed by atoms with van der Waals surface area (Å²) >= 11 is 0. The second kappa shape index (κ2) is 8.49. The molecule has 33 heavy (non-hydrogen) atoms. The van der Waals surface area contributed by atoms with Gasteiger partial charge in [0.2, 0.25) is 11.8 Å². The summed E-state index contributed by atoms with van der Waals surface area (Å²) in [6.45, 7) is 3.15. The summed E-state index contributed by atoms with van der Waals surface area (Å²) < 4.78 is 5.80. The molecule has 168 valence electrons. The first kappa shape index (κ1) is 21.4. The van der Waals surface area contributed by atoms with Gasteiger partial charge < -0.3 is 25.8 Å². The van der Waals surface area contributed by atoms with Crippen molar-refractivity contribution in [1.82, 2.24) is 9.97 Å². The summed E-state index contributed by atoms with van der Waals surface area (Å²) in [6, 6.07) is 12.8. The summed E-state index contributed by atoms with van der Waals surface area (Å²) in [5.41, 5.74) is 10.5. The van der Waals surface area contributed by atoms with Crippen molar-refractivity contribution in [3.05, 3.63) is 76.1 Å². The van der Waals surface area contributed by atoms with Crippen LogP contribution in [0.3, 0.4) is 0 Å². The number of carbonyl (C=O) groups is 1. The number of hydrogen-bond donors (Lipinski definition) is 4. The van der Waals surface area contributed by atoms with Gasteiger partial charge in [-0.15, -0.1) is 0 Å². The van der Waals surface area contributed by atoms with Gasteiger partial charge in [0.05, 0.1) is 12.2 Å². The molecule has 5 N–H and O–H groups in total. The van der Waals surface area contributed by atoms with E-state index in [1.165, 1.54) is 0 Å². The van der Waals surface area contributed by atoms with E-state index >= 15 is 0 Å². The van der Waals surface area contributed by atoms with E-state index in [4.69, 9.17) is 20.4 Å². The number of benzene rings is 2. The molecule has 3 aromatic rings. The van der Waals surface area contributed by atoms with Crippen LogP contribution in [-0.4, -0.2) is 39.6 Å². The molecule has 0 bridgehead atoms. The molecule has 2 heterocycles. The molecular formula is C24H25BN4O4. The molecule has 1 amide bonds. The zero-order valence-electron chi connectivity index (χ0n) is 18.3. The lowest BCUT2D eigenvalue weighted by Crippen LogP contribution is -2.30. The number of carbonyl (C=O) groups excluding carboxylic acids is 1. The smallest absolute Gasteiger partial charge is 0.477 e. The lowest BCUT2D eigenvalue weighted by atomic mass is 9.79. The monoisotopic (exact) mass is 444 g/mol. The van der Waals surface area contributed by atoms with Gasteiger partial charge in [-0.1, -0.05) is 43.3 Å². The fraction of sp³-hybridized carbons (Fsp3) is 0.292. The third-order valence-corrected chi connectivity index (χ3v) is 6.47. The summed E-state index contributed by atoms with van der Waals surface area (Å²) in [5.74, 6) is 1.68. The van der Waals surface area contributed by atoms with Crippen molar-refractivity contribution in [3.63, 3.8) is 0 Å². The Hall–Kier alpha value is -3.43. The summed E-state index contributed by atoms with van der Waals surface area (Å²) in [5, 5.41) is 22.3. The maximum Gasteiger partial charge on any atom is 0.488 e. The lowest BCUT2D eigenvalue weighted by Gasteiger charge is -2.18. The molecule has 0 spiro atoms. The predicted octanol–water partition coefficient (Wildman–Crippen LogP) is 1.13. The average Bonchev–Trinajstić information content (AvgIpc) is 3.40. The highest BCUT2D eigenvalue weighted by atomic mass is 16.5. The topological polar surface area (TPSA) is 131 Å². The van der Waals surface area contributed by atoms with Crippen molar-refractivity contribution >= 4 is 24.3 Å². The number of anilines is 1. The van der Waals surface area contributed by atoms with Crippen molar-refractivity contribution in [1.29, 1.82) is 0 Å². The Morgan fingerprint density at radius 3 is 2.82 bits per heavy atom. The largest absolute Gasteiger partial charge is 0.488 e. The molecule has 0 radical (unpaired) electrons. The molecule has 1 aromatic heterocycles. The number of nitrogens with zero attached hydrogens (tertiary/aromatic N) is 2. The van der Waals surface area contributed by atoms with Gasteiger partial charge in [-0.05, 0) is 40.6 Å². The second-order valence-electron chi connectivity index (χ2n) is 8.68. The van der Waals surface area contributed by atoms with E-state index in [1.54, 1.807) is 24.3 Å². The lowest BCUT2D eigenvalue weighted by molar-refractivity contribution is 0.0999. The van der Waals surface area contributed by atoms with Crippen LogP contribution >= 0.6 is 0 Å². The van der Waals surface area contributed by atoms with Crippen LogP contribution in [0.1, 0.15) is 51.3 Å². The standard InChI is InChI=1S/C24H25BN4O4/c1-13-10-19-16(6-3-7-17(19)21(26)30)20(13)23-28-22(18-8-9-33-24(18)29-23)27-12-14-4-2-5-15(11-14)25(31)32/h2-7,11,13,20,31-32H,8-10,12H2,1H3,(H2,26,30)(H,27,28,29). The van der Waals surface area contributed by atoms with Crippen LogP contribution in [0.4, 0.5) is 5.82 Å². The Kier molecular flexibility index (Phi) is 5.51. The minimum Gasteiger partial charge on any atom is -0.477 e. The van der Waals surface area contributed by atoms with Crippen LogP contribution in [0.2, 0.25) is 0 Å². The van der Waals surface area contributed by atoms with E-state index in [-0.39, 0.29) is 11.8 Å². The Bertz CT molecular complexity index is 1230. The van der Waals surface area contributed by atoms with Crippen LogP contribution in [0.25, 0.3) is 0 Å². The molecule has 0 saturated heterocycles. The summed E-state index contributed by atoms with van der Waals surface area (Å²) in [7, 11) is -1.51. The minimum atomic E-state index is -1.51. The molecule has 0 fully saturated rings. The molecule has 2 unspecified atom stereocenters. The fourth-order valence-corrected chi connectivity index (χ4v) is 4.90. The molecule has 2 aliphatic rings. The summed E-state index contributed by atoms with van der Waals surface area (Å²) in [4.78, 5) is 21.6. The van der Waals surface area contributed by atoms with Gasteiger partial charge >= 0.3 is 7.12 Å². The molecule has 5 rings (SSSR count). The number of hydrogen-bond acceptors (Lipinski definition) is 7. The number of primary amides is 1. The van der Waals surface area contributed by atoms with Crippen molar-refractivity contribution in [3.8, 4) is 5.88 Å². The quantitative estimate of drug-likeness (QED) is 0.419. The van der Waals surface area contributed by atoms with Crippen LogP contribution < -0.4 is 21.3 Å². The van der Waals surface area contributed by atoms with E-state index in [0.717, 1.165) is 35.1 Å². The van der Waals surface area contributed by atoms with Gasteiger partial charge in [-0.3, -0.25) is 4.79 Å². The van der Waals surface area contributed by atoms with Crippen LogP contribution in [0.15, 0.2) is 42.5 Å². The molecular weight excluding hydrogens is 419 g/mol. The highest BCUT2D eigenvalue weighted by molar-refractivity contribution is 6.58. The van der Waals surface area contributed by atoms with Gasteiger partial charge in [0.15, 0.2) is 0 Å². The molecule has 1 aliphatic heterocycles. The first-order valence-corrected chi connectivity index (χ1v) is 11.1. The second-order valence-corrected chi connectivity index (χ2v) is 8.68. The van der Waals surface area contributed by atoms with E-state index < -0.39 is 13.0 Å². The van der Waals surface area contributed by atoms with Crippen molar-refractivity contribution in [2.45, 2.75) is 32.2 Å². The maximum atomic E-state index is 11.9. The molecule has 0 saturated carbocycles. The zero-order valence-corrected chi connectivity index (χ0v) is 18.3. The predicted molar refractivity (Wildman–Crippen MR) is 124 cm³/mol. The van der Waals surface area contributed by atoms with E-state index in [0.29, 0.717) is 41.7 Å². The van der Waals surface area contributed by atoms with Gasteiger partial charge in [0.1, 0.15) is 11.6 Å². The van der Waals surface area contributed by atoms with Crippen LogP contribution in [0.5, 0.6) is 5.88 Å². The van der Waals surface area contributed by atoms with E-state index in [2.05, 4.69) is 12.2 Å². The molecule has 2 aromatic carbocycles. The number of aromatic nitrogens is 2. The van der Waals surface area contributed by atoms with Gasteiger partial charge in [-0.2, -0.15) is 4.98 Å². The number of nitrogens with one attached hydrogen (secondary N) is 1. The summed E-state index contributed by atoms with van der Waals surface area (Å²) in [6.07, 6.45) is 1.45. The highest BCUT2D eigenvalue weighted by Crippen LogP contribution is 2.44. The zero-order chi connectivity index (χ0) is 23.1. The number of fused-ring (bicyclic) bond motifs is 2. The van der Waals surface area contributed by atoms with Gasteiger partial charge in [0, 0.05) is 24.4 Å².